The van der Waals surface area contributed by atoms with Crippen molar-refractivity contribution in [3.05, 3.63) is 23.3 Å². The van der Waals surface area contributed by atoms with Crippen LogP contribution in [0.3, 0.4) is 0 Å². The van der Waals surface area contributed by atoms with Gasteiger partial charge in [-0.3, -0.25) is 9.59 Å². The molecule has 0 radical (unpaired) electrons. The predicted molar refractivity (Wildman–Crippen MR) is 43.3 cm³/mol. The molecule has 4 nitrogen and oxygen atoms in total. The van der Waals surface area contributed by atoms with Crippen LogP contribution >= 0.6 is 0 Å². The molecule has 1 aromatic carbocycles. The lowest BCUT2D eigenvalue weighted by Crippen LogP contribution is -1.92. The van der Waals surface area contributed by atoms with Crippen molar-refractivity contribution < 1.29 is 19.1 Å². The van der Waals surface area contributed by atoms with Gasteiger partial charge in [-0.25, -0.2) is 0 Å². The number of benzene rings is 1. The molecule has 0 atom stereocenters. The van der Waals surface area contributed by atoms with Gasteiger partial charge in [0.2, 0.25) is 6.79 Å². The fourth-order valence-corrected chi connectivity index (χ4v) is 1.18. The molecule has 0 unspecified atom stereocenters. The molecule has 66 valence electrons. The first-order valence-corrected chi connectivity index (χ1v) is 3.69. The summed E-state index contributed by atoms with van der Waals surface area (Å²) in [6.45, 7) is 0.135. The maximum absolute atomic E-state index is 10.5. The highest BCUT2D eigenvalue weighted by atomic mass is 16.7. The number of fused-ring (bicyclic) bond motifs is 1. The number of ether oxygens (including phenoxy) is 2. The second kappa shape index (κ2) is 2.90. The minimum atomic E-state index is 0.135. The van der Waals surface area contributed by atoms with Crippen molar-refractivity contribution in [1.82, 2.24) is 0 Å². The van der Waals surface area contributed by atoms with E-state index >= 15 is 0 Å². The van der Waals surface area contributed by atoms with Crippen molar-refractivity contribution in [2.45, 2.75) is 0 Å². The van der Waals surface area contributed by atoms with Crippen molar-refractivity contribution in [2.75, 3.05) is 6.79 Å². The van der Waals surface area contributed by atoms with Gasteiger partial charge >= 0.3 is 0 Å². The van der Waals surface area contributed by atoms with Gasteiger partial charge in [-0.1, -0.05) is 0 Å². The first kappa shape index (κ1) is 7.79. The summed E-state index contributed by atoms with van der Waals surface area (Å²) in [5.74, 6) is 1.01. The largest absolute Gasteiger partial charge is 0.454 e. The van der Waals surface area contributed by atoms with Crippen LogP contribution in [-0.4, -0.2) is 19.4 Å². The summed E-state index contributed by atoms with van der Waals surface area (Å²) in [4.78, 5) is 21.1. The van der Waals surface area contributed by atoms with Gasteiger partial charge in [-0.15, -0.1) is 0 Å². The lowest BCUT2D eigenvalue weighted by molar-refractivity contribution is 0.109. The quantitative estimate of drug-likeness (QED) is 0.635. The van der Waals surface area contributed by atoms with Gasteiger partial charge < -0.3 is 9.47 Å². The minimum Gasteiger partial charge on any atom is -0.454 e. The number of hydrogen-bond donors (Lipinski definition) is 0. The van der Waals surface area contributed by atoms with Crippen LogP contribution in [0.15, 0.2) is 12.1 Å². The summed E-state index contributed by atoms with van der Waals surface area (Å²) in [5.41, 5.74) is 0.638. The smallest absolute Gasteiger partial charge is 0.231 e. The molecule has 0 amide bonds. The van der Waals surface area contributed by atoms with Gasteiger partial charge in [0.05, 0.1) is 0 Å². The number of aldehydes is 2. The van der Waals surface area contributed by atoms with E-state index in [0.29, 0.717) is 35.2 Å². The molecule has 0 bridgehead atoms. The third kappa shape index (κ3) is 1.16. The van der Waals surface area contributed by atoms with Crippen LogP contribution in [-0.2, 0) is 0 Å². The minimum absolute atomic E-state index is 0.135. The monoisotopic (exact) mass is 178 g/mol. The predicted octanol–water partition coefficient (Wildman–Crippen LogP) is 1.04. The van der Waals surface area contributed by atoms with Gasteiger partial charge in [0.25, 0.3) is 0 Å². The number of rotatable bonds is 2. The Labute approximate surface area is 74.1 Å². The van der Waals surface area contributed by atoms with Crippen molar-refractivity contribution in [3.63, 3.8) is 0 Å². The fourth-order valence-electron chi connectivity index (χ4n) is 1.18. The van der Waals surface area contributed by atoms with Crippen molar-refractivity contribution >= 4 is 12.6 Å². The average Bonchev–Trinajstić information content (AvgIpc) is 2.62. The lowest BCUT2D eigenvalue weighted by Gasteiger charge is -1.99. The molecule has 2 rings (SSSR count). The Balaban J connectivity index is 2.59. The molecule has 0 saturated heterocycles. The van der Waals surface area contributed by atoms with Crippen LogP contribution in [0.4, 0.5) is 0 Å². The first-order valence-electron chi connectivity index (χ1n) is 3.69. The van der Waals surface area contributed by atoms with Gasteiger partial charge in [0.15, 0.2) is 24.1 Å². The van der Waals surface area contributed by atoms with Crippen LogP contribution in [0.2, 0.25) is 0 Å². The van der Waals surface area contributed by atoms with Crippen LogP contribution in [0, 0.1) is 0 Å². The Kier molecular flexibility index (Phi) is 1.73. The van der Waals surface area contributed by atoms with E-state index < -0.39 is 0 Å². The Morgan fingerprint density at radius 1 is 1.00 bits per heavy atom. The lowest BCUT2D eigenvalue weighted by atomic mass is 10.1. The highest BCUT2D eigenvalue weighted by Crippen LogP contribution is 2.33. The molecule has 0 saturated carbocycles. The Bertz CT molecular complexity index is 335. The van der Waals surface area contributed by atoms with E-state index in [1.807, 2.05) is 0 Å². The normalized spacial score (nSPS) is 12.6. The second-order valence-electron chi connectivity index (χ2n) is 2.57. The third-order valence-electron chi connectivity index (χ3n) is 1.83. The van der Waals surface area contributed by atoms with Crippen LogP contribution in [0.1, 0.15) is 20.7 Å². The Hall–Kier alpha value is -1.84. The third-order valence-corrected chi connectivity index (χ3v) is 1.83. The zero-order valence-corrected chi connectivity index (χ0v) is 6.65. The van der Waals surface area contributed by atoms with Crippen LogP contribution < -0.4 is 9.47 Å². The molecule has 0 fully saturated rings. The first-order chi connectivity index (χ1) is 6.35. The van der Waals surface area contributed by atoms with Gasteiger partial charge in [0, 0.05) is 11.1 Å². The molecular weight excluding hydrogens is 172 g/mol. The summed E-state index contributed by atoms with van der Waals surface area (Å²) in [6.07, 6.45) is 1.23. The van der Waals surface area contributed by atoms with Gasteiger partial charge in [0.1, 0.15) is 0 Å². The van der Waals surface area contributed by atoms with E-state index in [-0.39, 0.29) is 6.79 Å². The molecule has 1 heterocycles. The molecule has 1 aromatic rings. The standard InChI is InChI=1S/C9H6O4/c10-3-6-1-8-9(13-5-12-8)2-7(6)4-11/h1-4H,5H2. The maximum atomic E-state index is 10.5. The molecule has 0 aliphatic carbocycles. The molecule has 1 aliphatic heterocycles. The molecular formula is C9H6O4. The van der Waals surface area contributed by atoms with Crippen molar-refractivity contribution in [3.8, 4) is 11.5 Å². The SMILES string of the molecule is O=Cc1cc2c(cc1C=O)OCO2. The van der Waals surface area contributed by atoms with Crippen molar-refractivity contribution in [1.29, 1.82) is 0 Å². The van der Waals surface area contributed by atoms with Gasteiger partial charge in [-0.05, 0) is 12.1 Å². The fraction of sp³-hybridized carbons (Fsp3) is 0.111. The summed E-state index contributed by atoms with van der Waals surface area (Å²) < 4.78 is 10.1. The van der Waals surface area contributed by atoms with Crippen LogP contribution in [0.5, 0.6) is 11.5 Å². The van der Waals surface area contributed by atoms with E-state index in [1.165, 1.54) is 12.1 Å². The second-order valence-corrected chi connectivity index (χ2v) is 2.57. The Morgan fingerprint density at radius 2 is 1.46 bits per heavy atom. The van der Waals surface area contributed by atoms with Crippen LogP contribution in [0.25, 0.3) is 0 Å². The zero-order chi connectivity index (χ0) is 9.26. The summed E-state index contributed by atoms with van der Waals surface area (Å²) in [5, 5.41) is 0. The zero-order valence-electron chi connectivity index (χ0n) is 6.65. The summed E-state index contributed by atoms with van der Waals surface area (Å²) >= 11 is 0. The van der Waals surface area contributed by atoms with E-state index in [1.54, 1.807) is 0 Å². The van der Waals surface area contributed by atoms with E-state index in [9.17, 15) is 9.59 Å². The van der Waals surface area contributed by atoms with E-state index in [0.717, 1.165) is 0 Å². The molecule has 0 aromatic heterocycles. The molecule has 13 heavy (non-hydrogen) atoms. The number of carbonyl (C=O) groups excluding carboxylic acids is 2. The Morgan fingerprint density at radius 3 is 1.85 bits per heavy atom. The maximum Gasteiger partial charge on any atom is 0.231 e. The van der Waals surface area contributed by atoms with E-state index in [4.69, 9.17) is 9.47 Å². The number of hydrogen-bond acceptors (Lipinski definition) is 4. The summed E-state index contributed by atoms with van der Waals surface area (Å²) in [7, 11) is 0. The highest BCUT2D eigenvalue weighted by molar-refractivity contribution is 5.91. The average molecular weight is 178 g/mol. The van der Waals surface area contributed by atoms with Crippen molar-refractivity contribution in [2.24, 2.45) is 0 Å². The topological polar surface area (TPSA) is 52.6 Å². The van der Waals surface area contributed by atoms with E-state index in [2.05, 4.69) is 0 Å². The highest BCUT2D eigenvalue weighted by Gasteiger charge is 2.16. The molecule has 0 N–H and O–H groups in total. The summed E-state index contributed by atoms with van der Waals surface area (Å²) in [6, 6.07) is 3.00. The van der Waals surface area contributed by atoms with Gasteiger partial charge in [-0.2, -0.15) is 0 Å². The molecule has 0 spiro atoms. The molecule has 1 aliphatic rings. The number of carbonyl (C=O) groups is 2. The molecule has 4 heteroatoms.